The highest BCUT2D eigenvalue weighted by Crippen LogP contribution is 2.37. The molecule has 0 aliphatic rings. The van der Waals surface area contributed by atoms with Crippen molar-refractivity contribution in [3.8, 4) is 17.2 Å². The lowest BCUT2D eigenvalue weighted by molar-refractivity contribution is 0.280. The number of hydrogen-bond acceptors (Lipinski definition) is 4. The first-order valence-corrected chi connectivity index (χ1v) is 10.5. The Kier molecular flexibility index (Phi) is 8.41. The van der Waals surface area contributed by atoms with Crippen LogP contribution in [0, 0.1) is 5.82 Å². The molecule has 3 aromatic rings. The summed E-state index contributed by atoms with van der Waals surface area (Å²) in [5.41, 5.74) is 2.44. The predicted octanol–water partition coefficient (Wildman–Crippen LogP) is 6.06. The van der Waals surface area contributed by atoms with Crippen molar-refractivity contribution in [3.05, 3.63) is 87.2 Å². The van der Waals surface area contributed by atoms with Crippen LogP contribution in [0.3, 0.4) is 0 Å². The van der Waals surface area contributed by atoms with Crippen LogP contribution in [0.25, 0.3) is 0 Å². The third kappa shape index (κ3) is 6.26. The van der Waals surface area contributed by atoms with E-state index in [1.165, 1.54) is 18.7 Å². The fourth-order valence-electron chi connectivity index (χ4n) is 3.09. The van der Waals surface area contributed by atoms with Gasteiger partial charge in [0.05, 0.1) is 24.3 Å². The Morgan fingerprint density at radius 3 is 2.35 bits per heavy atom. The van der Waals surface area contributed by atoms with Crippen LogP contribution in [-0.2, 0) is 19.6 Å². The molecule has 3 aromatic carbocycles. The zero-order valence-corrected chi connectivity index (χ0v) is 18.9. The number of benzene rings is 3. The molecule has 0 aliphatic heterocycles. The van der Waals surface area contributed by atoms with Gasteiger partial charge >= 0.3 is 0 Å². The van der Waals surface area contributed by atoms with Gasteiger partial charge in [0.2, 0.25) is 0 Å². The predicted molar refractivity (Wildman–Crippen MR) is 122 cm³/mol. The van der Waals surface area contributed by atoms with Gasteiger partial charge in [-0.2, -0.15) is 0 Å². The summed E-state index contributed by atoms with van der Waals surface area (Å²) in [4.78, 5) is 0. The van der Waals surface area contributed by atoms with E-state index in [9.17, 15) is 4.39 Å². The lowest BCUT2D eigenvalue weighted by Gasteiger charge is -2.15. The zero-order valence-electron chi connectivity index (χ0n) is 17.4. The monoisotopic (exact) mass is 463 g/mol. The molecule has 0 amide bonds. The van der Waals surface area contributed by atoms with Crippen LogP contribution in [0.2, 0.25) is 10.0 Å². The minimum atomic E-state index is -0.430. The van der Waals surface area contributed by atoms with Crippen LogP contribution in [0.15, 0.2) is 54.6 Å². The summed E-state index contributed by atoms with van der Waals surface area (Å²) in [5, 5.41) is 4.08. The van der Waals surface area contributed by atoms with Crippen LogP contribution in [0.5, 0.6) is 17.2 Å². The standard InChI is InChI=1S/C24H24Cl2FNO3/c1-29-18-8-6-16(7-9-18)10-11-28-14-17-12-21(26)24(23(13-17)30-2)31-15-19-20(25)4-3-5-22(19)27/h3-9,12-13,28H,10-11,14-15H2,1-2H3. The van der Waals surface area contributed by atoms with Gasteiger partial charge in [-0.05, 0) is 60.5 Å². The summed E-state index contributed by atoms with van der Waals surface area (Å²) in [5.74, 6) is 1.25. The number of methoxy groups -OCH3 is 2. The second-order valence-corrected chi connectivity index (χ2v) is 7.69. The lowest BCUT2D eigenvalue weighted by Crippen LogP contribution is -2.16. The average Bonchev–Trinajstić information content (AvgIpc) is 2.77. The molecule has 0 unspecified atom stereocenters. The number of rotatable bonds is 10. The molecule has 0 radical (unpaired) electrons. The maximum atomic E-state index is 14.0. The van der Waals surface area contributed by atoms with Gasteiger partial charge in [-0.1, -0.05) is 41.4 Å². The highest BCUT2D eigenvalue weighted by molar-refractivity contribution is 6.32. The van der Waals surface area contributed by atoms with Crippen molar-refractivity contribution in [2.24, 2.45) is 0 Å². The van der Waals surface area contributed by atoms with E-state index in [0.29, 0.717) is 28.1 Å². The van der Waals surface area contributed by atoms with Gasteiger partial charge in [-0.25, -0.2) is 4.39 Å². The molecular weight excluding hydrogens is 440 g/mol. The highest BCUT2D eigenvalue weighted by atomic mass is 35.5. The average molecular weight is 464 g/mol. The van der Waals surface area contributed by atoms with E-state index >= 15 is 0 Å². The van der Waals surface area contributed by atoms with E-state index in [2.05, 4.69) is 5.32 Å². The Balaban J connectivity index is 1.59. The minimum absolute atomic E-state index is 0.0545. The Bertz CT molecular complexity index is 992. The molecule has 1 N–H and O–H groups in total. The molecule has 0 aliphatic carbocycles. The largest absolute Gasteiger partial charge is 0.497 e. The van der Waals surface area contributed by atoms with Crippen molar-refractivity contribution in [2.45, 2.75) is 19.6 Å². The molecule has 7 heteroatoms. The van der Waals surface area contributed by atoms with Crippen LogP contribution >= 0.6 is 23.2 Å². The summed E-state index contributed by atoms with van der Waals surface area (Å²) < 4.78 is 30.4. The van der Waals surface area contributed by atoms with E-state index in [1.807, 2.05) is 36.4 Å². The van der Waals surface area contributed by atoms with Crippen molar-refractivity contribution in [1.82, 2.24) is 5.32 Å². The Morgan fingerprint density at radius 2 is 1.68 bits per heavy atom. The zero-order chi connectivity index (χ0) is 22.2. The Morgan fingerprint density at radius 1 is 0.903 bits per heavy atom. The van der Waals surface area contributed by atoms with Crippen LogP contribution < -0.4 is 19.5 Å². The molecule has 0 fully saturated rings. The molecule has 4 nitrogen and oxygen atoms in total. The highest BCUT2D eigenvalue weighted by Gasteiger charge is 2.15. The number of hydrogen-bond donors (Lipinski definition) is 1. The summed E-state index contributed by atoms with van der Waals surface area (Å²) in [7, 11) is 3.19. The third-order valence-corrected chi connectivity index (χ3v) is 5.43. The fourth-order valence-corrected chi connectivity index (χ4v) is 3.59. The van der Waals surface area contributed by atoms with Gasteiger partial charge in [0, 0.05) is 12.1 Å². The molecule has 0 atom stereocenters. The summed E-state index contributed by atoms with van der Waals surface area (Å²) in [6.45, 7) is 1.36. The van der Waals surface area contributed by atoms with Gasteiger partial charge in [-0.3, -0.25) is 0 Å². The first kappa shape index (κ1) is 23.2. The van der Waals surface area contributed by atoms with E-state index in [-0.39, 0.29) is 12.2 Å². The molecule has 0 spiro atoms. The molecule has 0 bridgehead atoms. The number of ether oxygens (including phenoxy) is 3. The van der Waals surface area contributed by atoms with Gasteiger partial charge in [0.15, 0.2) is 11.5 Å². The second-order valence-electron chi connectivity index (χ2n) is 6.87. The lowest BCUT2D eigenvalue weighted by atomic mass is 10.1. The maximum absolute atomic E-state index is 14.0. The van der Waals surface area contributed by atoms with E-state index < -0.39 is 5.82 Å². The smallest absolute Gasteiger partial charge is 0.180 e. The SMILES string of the molecule is COc1ccc(CCNCc2cc(Cl)c(OCc3c(F)cccc3Cl)c(OC)c2)cc1. The molecule has 3 rings (SSSR count). The molecular formula is C24H24Cl2FNO3. The van der Waals surface area contributed by atoms with Crippen LogP contribution in [0.4, 0.5) is 4.39 Å². The maximum Gasteiger partial charge on any atom is 0.180 e. The number of halogens is 3. The van der Waals surface area contributed by atoms with E-state index in [0.717, 1.165) is 24.3 Å². The van der Waals surface area contributed by atoms with Gasteiger partial charge in [0.1, 0.15) is 18.2 Å². The molecule has 0 aromatic heterocycles. The quantitative estimate of drug-likeness (QED) is 0.370. The molecule has 164 valence electrons. The molecule has 31 heavy (non-hydrogen) atoms. The topological polar surface area (TPSA) is 39.7 Å². The van der Waals surface area contributed by atoms with Crippen molar-refractivity contribution < 1.29 is 18.6 Å². The summed E-state index contributed by atoms with van der Waals surface area (Å²) >= 11 is 12.5. The van der Waals surface area contributed by atoms with E-state index in [4.69, 9.17) is 37.4 Å². The summed E-state index contributed by atoms with van der Waals surface area (Å²) in [6.07, 6.45) is 0.888. The molecule has 0 heterocycles. The van der Waals surface area contributed by atoms with Crippen molar-refractivity contribution in [2.75, 3.05) is 20.8 Å². The van der Waals surface area contributed by atoms with Crippen molar-refractivity contribution in [3.63, 3.8) is 0 Å². The summed E-state index contributed by atoms with van der Waals surface area (Å²) in [6, 6.07) is 16.2. The van der Waals surface area contributed by atoms with Crippen molar-refractivity contribution >= 4 is 23.2 Å². The van der Waals surface area contributed by atoms with E-state index in [1.54, 1.807) is 19.2 Å². The number of nitrogens with one attached hydrogen (secondary N) is 1. The second kappa shape index (κ2) is 11.2. The third-order valence-electron chi connectivity index (χ3n) is 4.79. The van der Waals surface area contributed by atoms with Gasteiger partial charge in [-0.15, -0.1) is 0 Å². The normalized spacial score (nSPS) is 10.7. The van der Waals surface area contributed by atoms with Crippen molar-refractivity contribution in [1.29, 1.82) is 0 Å². The molecule has 0 saturated carbocycles. The van der Waals surface area contributed by atoms with Crippen LogP contribution in [0.1, 0.15) is 16.7 Å². The molecule has 0 saturated heterocycles. The first-order chi connectivity index (χ1) is 15.0. The minimum Gasteiger partial charge on any atom is -0.497 e. The van der Waals surface area contributed by atoms with Crippen LogP contribution in [-0.4, -0.2) is 20.8 Å². The van der Waals surface area contributed by atoms with Gasteiger partial charge < -0.3 is 19.5 Å². The first-order valence-electron chi connectivity index (χ1n) is 9.77. The Labute approximate surface area is 191 Å². The fraction of sp³-hybridized carbons (Fsp3) is 0.250. The Hall–Kier alpha value is -2.47. The van der Waals surface area contributed by atoms with Gasteiger partial charge in [0.25, 0.3) is 0 Å².